The van der Waals surface area contributed by atoms with Crippen LogP contribution in [0.4, 0.5) is 4.39 Å². The number of hydrogen-bond donors (Lipinski definition) is 1. The molecule has 0 bridgehead atoms. The molecule has 1 atom stereocenters. The van der Waals surface area contributed by atoms with Crippen LogP contribution >= 0.6 is 11.6 Å². The molecule has 24 heavy (non-hydrogen) atoms. The van der Waals surface area contributed by atoms with Gasteiger partial charge in [-0.15, -0.1) is 0 Å². The fourth-order valence-electron chi connectivity index (χ4n) is 2.07. The molecule has 0 aliphatic carbocycles. The van der Waals surface area contributed by atoms with Crippen LogP contribution in [0.3, 0.4) is 0 Å². The van der Waals surface area contributed by atoms with Crippen molar-refractivity contribution >= 4 is 23.5 Å². The largest absolute Gasteiger partial charge is 0.452 e. The van der Waals surface area contributed by atoms with Gasteiger partial charge in [0.1, 0.15) is 5.82 Å². The number of hydrogen-bond acceptors (Lipinski definition) is 3. The Bertz CT molecular complexity index is 736. The molecule has 0 aliphatic heterocycles. The van der Waals surface area contributed by atoms with Crippen molar-refractivity contribution in [2.75, 3.05) is 0 Å². The third-order valence-corrected chi connectivity index (χ3v) is 3.69. The molecule has 0 fully saturated rings. The number of amides is 1. The fourth-order valence-corrected chi connectivity index (χ4v) is 2.28. The second kappa shape index (κ2) is 8.45. The topological polar surface area (TPSA) is 55.4 Å². The van der Waals surface area contributed by atoms with Gasteiger partial charge in [-0.25, -0.2) is 4.39 Å². The third-order valence-electron chi connectivity index (χ3n) is 3.33. The van der Waals surface area contributed by atoms with E-state index in [1.54, 1.807) is 24.3 Å². The van der Waals surface area contributed by atoms with E-state index < -0.39 is 23.8 Å². The maximum atomic E-state index is 13.1. The van der Waals surface area contributed by atoms with E-state index in [1.807, 2.05) is 6.07 Å². The number of ether oxygens (including phenoxy) is 1. The SMILES string of the molecule is C[C@H](OC(=O)Cc1cccc(F)c1)C(=O)NCc1ccccc1Cl. The Balaban J connectivity index is 1.82. The first-order valence-corrected chi connectivity index (χ1v) is 7.78. The summed E-state index contributed by atoms with van der Waals surface area (Å²) in [7, 11) is 0. The van der Waals surface area contributed by atoms with Gasteiger partial charge in [-0.3, -0.25) is 9.59 Å². The van der Waals surface area contributed by atoms with Crippen LogP contribution in [0.5, 0.6) is 0 Å². The lowest BCUT2D eigenvalue weighted by molar-refractivity contribution is -0.154. The molecule has 2 rings (SSSR count). The van der Waals surface area contributed by atoms with Gasteiger partial charge in [0.25, 0.3) is 5.91 Å². The number of nitrogens with one attached hydrogen (secondary N) is 1. The van der Waals surface area contributed by atoms with Crippen molar-refractivity contribution < 1.29 is 18.7 Å². The van der Waals surface area contributed by atoms with Gasteiger partial charge in [0.05, 0.1) is 6.42 Å². The second-order valence-electron chi connectivity index (χ2n) is 5.25. The number of esters is 1. The van der Waals surface area contributed by atoms with Crippen LogP contribution in [0.2, 0.25) is 5.02 Å². The lowest BCUT2D eigenvalue weighted by Crippen LogP contribution is -2.35. The minimum Gasteiger partial charge on any atom is -0.452 e. The van der Waals surface area contributed by atoms with Crippen LogP contribution in [-0.2, 0) is 27.3 Å². The first-order chi connectivity index (χ1) is 11.5. The molecule has 0 saturated heterocycles. The lowest BCUT2D eigenvalue weighted by Gasteiger charge is -2.14. The summed E-state index contributed by atoms with van der Waals surface area (Å²) in [4.78, 5) is 23.8. The van der Waals surface area contributed by atoms with Crippen LogP contribution in [0.1, 0.15) is 18.1 Å². The maximum Gasteiger partial charge on any atom is 0.311 e. The molecule has 0 aromatic heterocycles. The summed E-state index contributed by atoms with van der Waals surface area (Å²) >= 11 is 6.01. The zero-order valence-corrected chi connectivity index (χ0v) is 13.8. The number of benzene rings is 2. The second-order valence-corrected chi connectivity index (χ2v) is 5.66. The molecule has 4 nitrogen and oxygen atoms in total. The van der Waals surface area contributed by atoms with Crippen LogP contribution in [0.15, 0.2) is 48.5 Å². The van der Waals surface area contributed by atoms with Crippen molar-refractivity contribution in [1.82, 2.24) is 5.32 Å². The monoisotopic (exact) mass is 349 g/mol. The Morgan fingerprint density at radius 1 is 1.21 bits per heavy atom. The summed E-state index contributed by atoms with van der Waals surface area (Å²) in [5, 5.41) is 3.21. The number of carbonyl (C=O) groups excluding carboxylic acids is 2. The van der Waals surface area contributed by atoms with Crippen LogP contribution in [0, 0.1) is 5.82 Å². The summed E-state index contributed by atoms with van der Waals surface area (Å²) < 4.78 is 18.1. The van der Waals surface area contributed by atoms with Crippen molar-refractivity contribution in [1.29, 1.82) is 0 Å². The molecule has 1 amide bonds. The van der Waals surface area contributed by atoms with Crippen molar-refractivity contribution in [3.8, 4) is 0 Å². The molecular formula is C18H17ClFNO3. The highest BCUT2D eigenvalue weighted by Crippen LogP contribution is 2.14. The first kappa shape index (κ1) is 17.9. The van der Waals surface area contributed by atoms with E-state index in [0.717, 1.165) is 5.56 Å². The minimum absolute atomic E-state index is 0.0973. The lowest BCUT2D eigenvalue weighted by atomic mass is 10.1. The van der Waals surface area contributed by atoms with Gasteiger partial charge in [-0.2, -0.15) is 0 Å². The summed E-state index contributed by atoms with van der Waals surface area (Å²) in [5.74, 6) is -1.45. The zero-order chi connectivity index (χ0) is 17.5. The fraction of sp³-hybridized carbons (Fsp3) is 0.222. The highest BCUT2D eigenvalue weighted by atomic mass is 35.5. The third kappa shape index (κ3) is 5.35. The normalized spacial score (nSPS) is 11.6. The van der Waals surface area contributed by atoms with E-state index >= 15 is 0 Å². The number of rotatable bonds is 6. The van der Waals surface area contributed by atoms with Gasteiger partial charge in [-0.1, -0.05) is 41.9 Å². The Morgan fingerprint density at radius 3 is 2.67 bits per heavy atom. The van der Waals surface area contributed by atoms with Gasteiger partial charge in [0, 0.05) is 11.6 Å². The summed E-state index contributed by atoms with van der Waals surface area (Å²) in [6.45, 7) is 1.72. The average molecular weight is 350 g/mol. The molecule has 6 heteroatoms. The maximum absolute atomic E-state index is 13.1. The van der Waals surface area contributed by atoms with Crippen molar-refractivity contribution in [3.05, 3.63) is 70.5 Å². The Hall–Kier alpha value is -2.40. The molecule has 2 aromatic rings. The predicted octanol–water partition coefficient (Wildman–Crippen LogP) is 3.27. The summed E-state index contributed by atoms with van der Waals surface area (Å²) in [6, 6.07) is 12.8. The standard InChI is InChI=1S/C18H17ClFNO3/c1-12(18(23)21-11-14-6-2-3-8-16(14)19)24-17(22)10-13-5-4-7-15(20)9-13/h2-9,12H,10-11H2,1H3,(H,21,23)/t12-/m0/s1. The smallest absolute Gasteiger partial charge is 0.311 e. The molecule has 0 spiro atoms. The molecular weight excluding hydrogens is 333 g/mol. The minimum atomic E-state index is -0.950. The Morgan fingerprint density at radius 2 is 1.96 bits per heavy atom. The van der Waals surface area contributed by atoms with Gasteiger partial charge < -0.3 is 10.1 Å². The molecule has 0 aliphatic rings. The van der Waals surface area contributed by atoms with E-state index in [4.69, 9.17) is 16.3 Å². The van der Waals surface area contributed by atoms with Crippen LogP contribution in [-0.4, -0.2) is 18.0 Å². The Kier molecular flexibility index (Phi) is 6.32. The van der Waals surface area contributed by atoms with Gasteiger partial charge in [0.2, 0.25) is 0 Å². The zero-order valence-electron chi connectivity index (χ0n) is 13.1. The molecule has 0 radical (unpaired) electrons. The average Bonchev–Trinajstić information content (AvgIpc) is 2.53. The van der Waals surface area contributed by atoms with Crippen LogP contribution in [0.25, 0.3) is 0 Å². The van der Waals surface area contributed by atoms with Gasteiger partial charge in [-0.05, 0) is 36.2 Å². The highest BCUT2D eigenvalue weighted by Gasteiger charge is 2.18. The molecule has 2 aromatic carbocycles. The van der Waals surface area contributed by atoms with E-state index in [2.05, 4.69) is 5.32 Å². The number of carbonyl (C=O) groups is 2. The predicted molar refractivity (Wildman–Crippen MR) is 89.0 cm³/mol. The van der Waals surface area contributed by atoms with E-state index in [1.165, 1.54) is 25.1 Å². The molecule has 1 N–H and O–H groups in total. The Labute approximate surface area is 144 Å². The summed E-state index contributed by atoms with van der Waals surface area (Å²) in [6.07, 6.45) is -1.05. The quantitative estimate of drug-likeness (QED) is 0.814. The molecule has 0 unspecified atom stereocenters. The van der Waals surface area contributed by atoms with E-state index in [-0.39, 0.29) is 13.0 Å². The van der Waals surface area contributed by atoms with Crippen molar-refractivity contribution in [3.63, 3.8) is 0 Å². The molecule has 126 valence electrons. The van der Waals surface area contributed by atoms with E-state index in [9.17, 15) is 14.0 Å². The van der Waals surface area contributed by atoms with Crippen LogP contribution < -0.4 is 5.32 Å². The van der Waals surface area contributed by atoms with Crippen molar-refractivity contribution in [2.45, 2.75) is 26.0 Å². The molecule has 0 heterocycles. The van der Waals surface area contributed by atoms with E-state index in [0.29, 0.717) is 10.6 Å². The highest BCUT2D eigenvalue weighted by molar-refractivity contribution is 6.31. The van der Waals surface area contributed by atoms with Gasteiger partial charge >= 0.3 is 5.97 Å². The number of halogens is 2. The summed E-state index contributed by atoms with van der Waals surface area (Å²) in [5.41, 5.74) is 1.26. The van der Waals surface area contributed by atoms with Gasteiger partial charge in [0.15, 0.2) is 6.10 Å². The van der Waals surface area contributed by atoms with Crippen molar-refractivity contribution in [2.24, 2.45) is 0 Å². The first-order valence-electron chi connectivity index (χ1n) is 7.40. The molecule has 0 saturated carbocycles.